The quantitative estimate of drug-likeness (QED) is 0.0240. The van der Waals surface area contributed by atoms with Gasteiger partial charge in [-0.15, -0.1) is 0 Å². The second kappa shape index (κ2) is 34.3. The number of esters is 2. The lowest BCUT2D eigenvalue weighted by Crippen LogP contribution is -2.34. The maximum atomic E-state index is 12.6. The third-order valence-electron chi connectivity index (χ3n) is 8.51. The number of hydrogen-bond acceptors (Lipinski definition) is 9. The number of carboxylic acids is 1. The van der Waals surface area contributed by atoms with E-state index in [1.807, 2.05) is 0 Å². The van der Waals surface area contributed by atoms with Crippen LogP contribution in [0.5, 0.6) is 0 Å². The highest BCUT2D eigenvalue weighted by molar-refractivity contribution is 7.47. The molecule has 3 unspecified atom stereocenters. The summed E-state index contributed by atoms with van der Waals surface area (Å²) in [6.07, 6.45) is 31.4. The summed E-state index contributed by atoms with van der Waals surface area (Å²) < 4.78 is 32.5. The number of aliphatic carboxylic acids is 1. The summed E-state index contributed by atoms with van der Waals surface area (Å²) in [7, 11) is -4.71. The molecule has 0 bridgehead atoms. The van der Waals surface area contributed by atoms with Gasteiger partial charge in [-0.3, -0.25) is 23.4 Å². The van der Waals surface area contributed by atoms with Crippen molar-refractivity contribution in [3.63, 3.8) is 0 Å². The summed E-state index contributed by atoms with van der Waals surface area (Å²) in [5.41, 5.74) is 5.31. The Balaban J connectivity index is 4.40. The fraction of sp³-hybridized carbons (Fsp3) is 0.868. The van der Waals surface area contributed by atoms with Crippen LogP contribution in [0.25, 0.3) is 0 Å². The fourth-order valence-electron chi connectivity index (χ4n) is 5.35. The summed E-state index contributed by atoms with van der Waals surface area (Å²) in [6.45, 7) is 2.77. The number of carboxylic acid groups (broad SMARTS) is 1. The largest absolute Gasteiger partial charge is 0.480 e. The topological polar surface area (TPSA) is 172 Å². The summed E-state index contributed by atoms with van der Waals surface area (Å²) in [6, 6.07) is -1.52. The van der Waals surface area contributed by atoms with Gasteiger partial charge in [0, 0.05) is 12.8 Å². The number of hydrogen-bond donors (Lipinski definition) is 3. The van der Waals surface area contributed by atoms with Gasteiger partial charge in [0.05, 0.1) is 13.2 Å². The van der Waals surface area contributed by atoms with Gasteiger partial charge in [0.15, 0.2) is 6.10 Å². The van der Waals surface area contributed by atoms with E-state index in [-0.39, 0.29) is 19.4 Å². The van der Waals surface area contributed by atoms with E-state index in [0.717, 1.165) is 57.8 Å². The molecule has 0 spiro atoms. The van der Waals surface area contributed by atoms with Crippen molar-refractivity contribution in [2.75, 3.05) is 19.8 Å². The van der Waals surface area contributed by atoms with Crippen LogP contribution < -0.4 is 5.73 Å². The number of phosphoric ester groups is 1. The molecule has 0 aromatic carbocycles. The van der Waals surface area contributed by atoms with Crippen LogP contribution in [0.4, 0.5) is 0 Å². The summed E-state index contributed by atoms with van der Waals surface area (Å²) in [5.74, 6) is -2.38. The van der Waals surface area contributed by atoms with Crippen molar-refractivity contribution in [1.82, 2.24) is 0 Å². The van der Waals surface area contributed by atoms with Crippen molar-refractivity contribution >= 4 is 25.7 Å². The Kier molecular flexibility index (Phi) is 33.1. The average Bonchev–Trinajstić information content (AvgIpc) is 3.09. The zero-order valence-electron chi connectivity index (χ0n) is 31.5. The molecule has 0 fully saturated rings. The van der Waals surface area contributed by atoms with Gasteiger partial charge in [-0.25, -0.2) is 4.57 Å². The lowest BCUT2D eigenvalue weighted by atomic mass is 10.1. The standard InChI is InChI=1S/C38H72NO10P/c1-3-5-7-9-11-13-15-16-17-18-19-20-22-24-26-28-30-37(41)49-34(32-47-50(44,45)48-33-35(39)38(42)43)31-46-36(40)29-27-25-23-21-14-12-10-8-6-4-2/h17-18,34-35H,3-16,19-33,39H2,1-2H3,(H,42,43)(H,44,45)/b18-17-. The number of rotatable bonds is 37. The molecule has 0 rings (SSSR count). The van der Waals surface area contributed by atoms with E-state index >= 15 is 0 Å². The Labute approximate surface area is 303 Å². The summed E-state index contributed by atoms with van der Waals surface area (Å²) >= 11 is 0. The number of allylic oxidation sites excluding steroid dienone is 2. The van der Waals surface area contributed by atoms with Crippen molar-refractivity contribution in [1.29, 1.82) is 0 Å². The third kappa shape index (κ3) is 33.4. The summed E-state index contributed by atoms with van der Waals surface area (Å²) in [4.78, 5) is 45.7. The second-order valence-electron chi connectivity index (χ2n) is 13.4. The van der Waals surface area contributed by atoms with E-state index < -0.39 is 51.1 Å². The first-order valence-corrected chi connectivity index (χ1v) is 21.2. The predicted octanol–water partition coefficient (Wildman–Crippen LogP) is 9.73. The van der Waals surface area contributed by atoms with Crippen LogP contribution in [0.15, 0.2) is 12.2 Å². The zero-order valence-corrected chi connectivity index (χ0v) is 32.4. The average molecular weight is 734 g/mol. The number of carbonyl (C=O) groups is 3. The molecular weight excluding hydrogens is 661 g/mol. The molecule has 0 aliphatic heterocycles. The molecule has 0 saturated carbocycles. The highest BCUT2D eigenvalue weighted by Crippen LogP contribution is 2.43. The Morgan fingerprint density at radius 2 is 1.00 bits per heavy atom. The molecule has 0 aliphatic carbocycles. The molecule has 0 saturated heterocycles. The SMILES string of the molecule is CCCCCCCCC/C=C\CCCCCCCC(=O)OC(COC(=O)CCCCCCCCCCCC)COP(=O)(O)OCC(N)C(=O)O. The molecule has 50 heavy (non-hydrogen) atoms. The van der Waals surface area contributed by atoms with E-state index in [9.17, 15) is 23.8 Å². The minimum Gasteiger partial charge on any atom is -0.480 e. The molecule has 294 valence electrons. The molecule has 3 atom stereocenters. The number of carbonyl (C=O) groups excluding carboxylic acids is 2. The van der Waals surface area contributed by atoms with Gasteiger partial charge in [-0.2, -0.15) is 0 Å². The molecular formula is C38H72NO10P. The lowest BCUT2D eigenvalue weighted by Gasteiger charge is -2.20. The molecule has 0 aromatic rings. The van der Waals surface area contributed by atoms with Gasteiger partial charge in [-0.05, 0) is 38.5 Å². The highest BCUT2D eigenvalue weighted by atomic mass is 31.2. The molecule has 0 heterocycles. The van der Waals surface area contributed by atoms with Crippen molar-refractivity contribution in [3.05, 3.63) is 12.2 Å². The van der Waals surface area contributed by atoms with E-state index in [4.69, 9.17) is 24.8 Å². The first-order valence-electron chi connectivity index (χ1n) is 19.7. The first-order chi connectivity index (χ1) is 24.1. The summed E-state index contributed by atoms with van der Waals surface area (Å²) in [5, 5.41) is 8.85. The van der Waals surface area contributed by atoms with Crippen LogP contribution in [0.2, 0.25) is 0 Å². The Bertz CT molecular complexity index is 916. The van der Waals surface area contributed by atoms with Crippen LogP contribution in [0, 0.1) is 0 Å². The Morgan fingerprint density at radius 3 is 1.46 bits per heavy atom. The maximum absolute atomic E-state index is 12.6. The van der Waals surface area contributed by atoms with Gasteiger partial charge in [0.1, 0.15) is 12.6 Å². The smallest absolute Gasteiger partial charge is 0.472 e. The number of phosphoric acid groups is 1. The van der Waals surface area contributed by atoms with Crippen LogP contribution in [0.1, 0.15) is 181 Å². The monoisotopic (exact) mass is 733 g/mol. The van der Waals surface area contributed by atoms with E-state index in [0.29, 0.717) is 12.8 Å². The minimum atomic E-state index is -4.71. The maximum Gasteiger partial charge on any atom is 0.472 e. The zero-order chi connectivity index (χ0) is 37.1. The minimum absolute atomic E-state index is 0.155. The predicted molar refractivity (Wildman–Crippen MR) is 199 cm³/mol. The molecule has 0 aliphatic rings. The molecule has 0 aromatic heterocycles. The van der Waals surface area contributed by atoms with E-state index in [1.165, 1.54) is 83.5 Å². The number of ether oxygens (including phenoxy) is 2. The van der Waals surface area contributed by atoms with Crippen molar-refractivity contribution < 1.29 is 47.5 Å². The Morgan fingerprint density at radius 1 is 0.600 bits per heavy atom. The van der Waals surface area contributed by atoms with Crippen LogP contribution in [0.3, 0.4) is 0 Å². The molecule has 12 heteroatoms. The van der Waals surface area contributed by atoms with Gasteiger partial charge in [0.2, 0.25) is 0 Å². The normalized spacial score (nSPS) is 14.0. The van der Waals surface area contributed by atoms with Crippen molar-refractivity contribution in [3.8, 4) is 0 Å². The number of unbranched alkanes of at least 4 members (excludes halogenated alkanes) is 21. The molecule has 0 radical (unpaired) electrons. The van der Waals surface area contributed by atoms with Crippen molar-refractivity contribution in [2.24, 2.45) is 5.73 Å². The van der Waals surface area contributed by atoms with E-state index in [2.05, 4.69) is 30.5 Å². The van der Waals surface area contributed by atoms with Crippen LogP contribution in [-0.4, -0.2) is 59.9 Å². The Hall–Kier alpha value is -1.78. The molecule has 11 nitrogen and oxygen atoms in total. The molecule has 0 amide bonds. The number of nitrogens with two attached hydrogens (primary N) is 1. The van der Waals surface area contributed by atoms with Crippen molar-refractivity contribution in [2.45, 2.75) is 193 Å². The van der Waals surface area contributed by atoms with Crippen LogP contribution in [-0.2, 0) is 37.5 Å². The van der Waals surface area contributed by atoms with Gasteiger partial charge in [0.25, 0.3) is 0 Å². The van der Waals surface area contributed by atoms with E-state index in [1.54, 1.807) is 0 Å². The van der Waals surface area contributed by atoms with Gasteiger partial charge < -0.3 is 25.2 Å². The van der Waals surface area contributed by atoms with Crippen LogP contribution >= 0.6 is 7.82 Å². The third-order valence-corrected chi connectivity index (χ3v) is 9.46. The second-order valence-corrected chi connectivity index (χ2v) is 14.9. The first kappa shape index (κ1) is 48.2. The van der Waals surface area contributed by atoms with Gasteiger partial charge >= 0.3 is 25.7 Å². The fourth-order valence-corrected chi connectivity index (χ4v) is 6.13. The van der Waals surface area contributed by atoms with Gasteiger partial charge in [-0.1, -0.05) is 142 Å². The lowest BCUT2D eigenvalue weighted by molar-refractivity contribution is -0.161. The molecule has 4 N–H and O–H groups in total. The highest BCUT2D eigenvalue weighted by Gasteiger charge is 2.28.